The number of unbranched alkanes of at least 4 members (excludes halogenated alkanes) is 2. The minimum Gasteiger partial charge on any atom is -0.494 e. The number of hydrogen-bond donors (Lipinski definition) is 3. The summed E-state index contributed by atoms with van der Waals surface area (Å²) in [5.41, 5.74) is 2.73. The van der Waals surface area contributed by atoms with Crippen molar-refractivity contribution >= 4 is 49.2 Å². The Morgan fingerprint density at radius 3 is 2.44 bits per heavy atom. The zero-order valence-corrected chi connectivity index (χ0v) is 37.5. The fourth-order valence-electron chi connectivity index (χ4n) is 10.3. The summed E-state index contributed by atoms with van der Waals surface area (Å²) in [6, 6.07) is 17.9. The number of halogens is 1. The van der Waals surface area contributed by atoms with Crippen molar-refractivity contribution < 1.29 is 47.7 Å². The minimum atomic E-state index is -3.68. The van der Waals surface area contributed by atoms with Gasteiger partial charge < -0.3 is 43.6 Å². The van der Waals surface area contributed by atoms with Crippen LogP contribution in [0, 0.1) is 5.92 Å². The second kappa shape index (κ2) is 19.0. The molecule has 4 heterocycles. The van der Waals surface area contributed by atoms with Crippen LogP contribution < -0.4 is 19.9 Å². The van der Waals surface area contributed by atoms with Crippen molar-refractivity contribution in [3.63, 3.8) is 0 Å². The predicted molar refractivity (Wildman–Crippen MR) is 235 cm³/mol. The largest absolute Gasteiger partial charge is 0.494 e. The number of rotatable bonds is 17. The first kappa shape index (κ1) is 45.4. The lowest BCUT2D eigenvalue weighted by Gasteiger charge is -2.37. The topological polar surface area (TPSA) is 158 Å². The summed E-state index contributed by atoms with van der Waals surface area (Å²) in [6.07, 6.45) is 2.19. The summed E-state index contributed by atoms with van der Waals surface area (Å²) in [5.74, 6) is -1.22. The number of methoxy groups -OCH3 is 1. The van der Waals surface area contributed by atoms with Crippen molar-refractivity contribution in [3.8, 4) is 5.75 Å². The first-order valence-corrected chi connectivity index (χ1v) is 25.0. The molecule has 1 fully saturated rings. The van der Waals surface area contributed by atoms with Gasteiger partial charge in [0.2, 0.25) is 20.2 Å². The Morgan fingerprint density at radius 2 is 1.73 bits per heavy atom. The number of amides is 3. The monoisotopic (exact) mass is 872 g/mol. The van der Waals surface area contributed by atoms with Gasteiger partial charge in [-0.25, -0.2) is 0 Å². The van der Waals surface area contributed by atoms with Gasteiger partial charge in [-0.1, -0.05) is 31.2 Å². The number of carbonyl (C=O) groups is 4. The number of benzene rings is 3. The molecule has 0 aromatic heterocycles. The number of nitrogens with one attached hydrogen (secondary N) is 1. The van der Waals surface area contributed by atoms with E-state index in [2.05, 4.69) is 5.32 Å². The molecular weight excluding hydrogens is 812 g/mol. The molecule has 1 saturated heterocycles. The van der Waals surface area contributed by atoms with Crippen molar-refractivity contribution in [1.82, 2.24) is 10.2 Å². The molecule has 6 atom stereocenters. The number of aliphatic hydroxyl groups excluding tert-OH is 2. The van der Waals surface area contributed by atoms with Crippen molar-refractivity contribution in [2.24, 2.45) is 5.92 Å². The Kier molecular flexibility index (Phi) is 13.9. The number of ether oxygens (including phenoxy) is 3. The Labute approximate surface area is 364 Å². The summed E-state index contributed by atoms with van der Waals surface area (Å²) in [4.78, 5) is 61.2. The average molecular weight is 873 g/mol. The van der Waals surface area contributed by atoms with Crippen LogP contribution in [-0.4, -0.2) is 105 Å². The third-order valence-corrected chi connectivity index (χ3v) is 15.7. The van der Waals surface area contributed by atoms with Crippen LogP contribution in [-0.2, 0) is 53.6 Å². The highest BCUT2D eigenvalue weighted by atomic mass is 28.4. The standard InChI is InChI=1S/C47H61FN4O9Si/c1-6-60-36-17-19-39-33(24-36)25-38(49-20-10-12-22-53)45(57)52(39)34-16-18-40-37(26-34)47(46(58)50(40)21-11-9-15-43(56)59-3)30(2)44(62(4,5)48)41(61-47)27-42(55)51-28-32-14-8-7-13-31(32)23-35(51)29-54/h7-8,13-14,16-19,24,26,30,35,38,41,44,49,53-54H,6,9-12,15,20-23,25,27-29H2,1-5H3/t30-,35-,38?,41+,44-,47+/m0/s1. The maximum atomic E-state index is 16.9. The number of fused-ring (bicyclic) bond motifs is 4. The summed E-state index contributed by atoms with van der Waals surface area (Å²) in [7, 11) is -2.34. The quantitative estimate of drug-likeness (QED) is 0.0652. The van der Waals surface area contributed by atoms with Gasteiger partial charge in [0.05, 0.1) is 56.3 Å². The zero-order chi connectivity index (χ0) is 44.3. The molecule has 15 heteroatoms. The Bertz CT molecular complexity index is 2150. The molecule has 3 aromatic rings. The third kappa shape index (κ3) is 8.66. The van der Waals surface area contributed by atoms with Gasteiger partial charge in [0.25, 0.3) is 5.91 Å². The lowest BCUT2D eigenvalue weighted by molar-refractivity contribution is -0.151. The molecule has 13 nitrogen and oxygen atoms in total. The Hall–Kier alpha value is -4.67. The molecule has 1 spiro atoms. The lowest BCUT2D eigenvalue weighted by atomic mass is 9.82. The van der Waals surface area contributed by atoms with E-state index in [0.29, 0.717) is 86.6 Å². The van der Waals surface area contributed by atoms with Crippen molar-refractivity contribution in [3.05, 3.63) is 82.9 Å². The predicted octanol–water partition coefficient (Wildman–Crippen LogP) is 5.84. The van der Waals surface area contributed by atoms with Crippen molar-refractivity contribution in [2.75, 3.05) is 49.8 Å². The third-order valence-electron chi connectivity index (χ3n) is 13.2. The first-order valence-electron chi connectivity index (χ1n) is 22.1. The van der Waals surface area contributed by atoms with Gasteiger partial charge in [-0.2, -0.15) is 0 Å². The molecule has 3 amide bonds. The minimum absolute atomic E-state index is 0.0548. The number of aliphatic hydroxyl groups is 2. The maximum absolute atomic E-state index is 16.9. The molecule has 3 aromatic carbocycles. The van der Waals surface area contributed by atoms with E-state index in [1.165, 1.54) is 7.11 Å². The molecule has 0 saturated carbocycles. The van der Waals surface area contributed by atoms with Gasteiger partial charge in [-0.05, 0) is 118 Å². The van der Waals surface area contributed by atoms with E-state index in [4.69, 9.17) is 14.2 Å². The van der Waals surface area contributed by atoms with Gasteiger partial charge in [0.1, 0.15) is 5.75 Å². The van der Waals surface area contributed by atoms with Gasteiger partial charge in [-0.3, -0.25) is 24.1 Å². The molecule has 3 N–H and O–H groups in total. The smallest absolute Gasteiger partial charge is 0.305 e. The molecule has 334 valence electrons. The van der Waals surface area contributed by atoms with Crippen LogP contribution in [0.25, 0.3) is 0 Å². The molecule has 0 bridgehead atoms. The molecule has 0 aliphatic carbocycles. The van der Waals surface area contributed by atoms with E-state index in [1.54, 1.807) is 27.8 Å². The second-order valence-corrected chi connectivity index (χ2v) is 21.3. The Balaban J connectivity index is 1.29. The Morgan fingerprint density at radius 1 is 0.968 bits per heavy atom. The van der Waals surface area contributed by atoms with Gasteiger partial charge in [0, 0.05) is 48.8 Å². The highest BCUT2D eigenvalue weighted by Gasteiger charge is 2.67. The SMILES string of the molecule is CCOc1ccc2c(c1)CC(NCCCCO)C(=O)N2c1ccc2c(c1)[C@@]1(O[C@H](CC(=O)N3Cc4ccccc4C[C@H]3CO)[C@@H]([Si](C)(C)F)[C@@H]1C)C(=O)N2CCCCC(=O)OC. The molecule has 0 radical (unpaired) electrons. The van der Waals surface area contributed by atoms with Crippen LogP contribution in [0.3, 0.4) is 0 Å². The molecule has 4 aliphatic rings. The average Bonchev–Trinajstić information content (AvgIpc) is 3.68. The van der Waals surface area contributed by atoms with Crippen LogP contribution >= 0.6 is 0 Å². The zero-order valence-electron chi connectivity index (χ0n) is 36.5. The highest BCUT2D eigenvalue weighted by Crippen LogP contribution is 2.61. The van der Waals surface area contributed by atoms with Gasteiger partial charge >= 0.3 is 5.97 Å². The molecule has 62 heavy (non-hydrogen) atoms. The van der Waals surface area contributed by atoms with Gasteiger partial charge in [0.15, 0.2) is 5.60 Å². The summed E-state index contributed by atoms with van der Waals surface area (Å²) in [5, 5.41) is 23.2. The first-order chi connectivity index (χ1) is 29.8. The summed E-state index contributed by atoms with van der Waals surface area (Å²) < 4.78 is 34.7. The van der Waals surface area contributed by atoms with Gasteiger partial charge in [-0.15, -0.1) is 0 Å². The van der Waals surface area contributed by atoms with E-state index >= 15 is 8.90 Å². The fraction of sp³-hybridized carbons (Fsp3) is 0.532. The van der Waals surface area contributed by atoms with Crippen molar-refractivity contribution in [2.45, 2.75) is 114 Å². The summed E-state index contributed by atoms with van der Waals surface area (Å²) in [6.45, 7) is 8.31. The second-order valence-electron chi connectivity index (χ2n) is 17.5. The van der Waals surface area contributed by atoms with E-state index in [1.807, 2.05) is 74.5 Å². The van der Waals surface area contributed by atoms with Crippen molar-refractivity contribution in [1.29, 1.82) is 0 Å². The number of hydrogen-bond acceptors (Lipinski definition) is 10. The van der Waals surface area contributed by atoms with E-state index in [0.717, 1.165) is 16.7 Å². The number of carbonyl (C=O) groups excluding carboxylic acids is 4. The highest BCUT2D eigenvalue weighted by molar-refractivity contribution is 6.72. The fourth-order valence-corrected chi connectivity index (χ4v) is 12.8. The number of anilines is 3. The number of esters is 1. The van der Waals surface area contributed by atoms with Crippen LogP contribution in [0.5, 0.6) is 5.75 Å². The van der Waals surface area contributed by atoms with Crippen LogP contribution in [0.4, 0.5) is 21.2 Å². The normalized spacial score (nSPS) is 24.3. The van der Waals surface area contributed by atoms with Crippen LogP contribution in [0.2, 0.25) is 18.6 Å². The van der Waals surface area contributed by atoms with E-state index in [-0.39, 0.29) is 56.3 Å². The van der Waals surface area contributed by atoms with Crippen LogP contribution in [0.15, 0.2) is 60.7 Å². The molecule has 4 aliphatic heterocycles. The number of nitrogens with zero attached hydrogens (tertiary/aromatic N) is 3. The maximum Gasteiger partial charge on any atom is 0.305 e. The molecule has 7 rings (SSSR count). The molecule has 1 unspecified atom stereocenters. The van der Waals surface area contributed by atoms with Crippen LogP contribution in [0.1, 0.15) is 74.6 Å². The van der Waals surface area contributed by atoms with E-state index < -0.39 is 43.7 Å². The molecular formula is C47H61FN4O9Si. The lowest BCUT2D eigenvalue weighted by Crippen LogP contribution is -2.49. The summed E-state index contributed by atoms with van der Waals surface area (Å²) >= 11 is 0. The van der Waals surface area contributed by atoms with E-state index in [9.17, 15) is 24.6 Å².